The lowest BCUT2D eigenvalue weighted by Gasteiger charge is -2.15. The van der Waals surface area contributed by atoms with Gasteiger partial charge in [0, 0.05) is 55.3 Å². The molecule has 180 valence electrons. The molecule has 0 atom stereocenters. The van der Waals surface area contributed by atoms with Gasteiger partial charge in [-0.3, -0.25) is 4.98 Å². The van der Waals surface area contributed by atoms with Gasteiger partial charge < -0.3 is 9.97 Å². The van der Waals surface area contributed by atoms with Gasteiger partial charge >= 0.3 is 0 Å². The summed E-state index contributed by atoms with van der Waals surface area (Å²) in [6.45, 7) is 11.0. The van der Waals surface area contributed by atoms with E-state index < -0.39 is 0 Å². The Morgan fingerprint density at radius 2 is 1.44 bits per heavy atom. The van der Waals surface area contributed by atoms with Gasteiger partial charge in [-0.2, -0.15) is 0 Å². The van der Waals surface area contributed by atoms with E-state index in [0.29, 0.717) is 0 Å². The molecule has 5 heterocycles. The molecular weight excluding hydrogens is 508 g/mol. The Bertz CT molecular complexity index is 1710. The predicted octanol–water partition coefficient (Wildman–Crippen LogP) is 8.32. The Labute approximate surface area is 219 Å². The lowest BCUT2D eigenvalue weighted by Crippen LogP contribution is -2.14. The largest absolute Gasteiger partial charge is 0.355 e. The lowest BCUT2D eigenvalue weighted by atomic mass is 9.87. The van der Waals surface area contributed by atoms with Gasteiger partial charge in [0.15, 0.2) is 0 Å². The first-order valence-corrected chi connectivity index (χ1v) is 13.1. The Hall–Kier alpha value is -3.44. The van der Waals surface area contributed by atoms with Gasteiger partial charge in [0.1, 0.15) is 0 Å². The number of rotatable bonds is 1. The minimum atomic E-state index is -0.0436. The Morgan fingerprint density at radius 3 is 2.19 bits per heavy atom. The quantitative estimate of drug-likeness (QED) is 0.257. The number of fused-ring (bicyclic) bond motifs is 8. The van der Waals surface area contributed by atoms with E-state index in [1.165, 1.54) is 22.3 Å². The summed E-state index contributed by atoms with van der Waals surface area (Å²) in [7, 11) is 0. The molecule has 2 aliphatic rings. The third-order valence-electron chi connectivity index (χ3n) is 7.13. The van der Waals surface area contributed by atoms with Gasteiger partial charge in [0.25, 0.3) is 0 Å². The number of nitrogens with zero attached hydrogens (tertiary/aromatic N) is 2. The van der Waals surface area contributed by atoms with Crippen molar-refractivity contribution in [2.75, 3.05) is 0 Å². The van der Waals surface area contributed by atoms with Gasteiger partial charge in [-0.1, -0.05) is 31.5 Å². The molecule has 0 radical (unpaired) electrons. The van der Waals surface area contributed by atoms with Gasteiger partial charge in [-0.05, 0) is 102 Å². The van der Waals surface area contributed by atoms with Gasteiger partial charge in [-0.15, -0.1) is 0 Å². The average Bonchev–Trinajstić information content (AvgIpc) is 3.55. The molecule has 0 saturated heterocycles. The molecule has 0 amide bonds. The first-order chi connectivity index (χ1) is 17.2. The second-order valence-electron chi connectivity index (χ2n) is 10.7. The number of aromatic amines is 2. The van der Waals surface area contributed by atoms with Crippen molar-refractivity contribution in [3.05, 3.63) is 94.1 Å². The highest BCUT2D eigenvalue weighted by atomic mass is 79.9. The van der Waals surface area contributed by atoms with Crippen LogP contribution in [0.2, 0.25) is 0 Å². The van der Waals surface area contributed by atoms with E-state index in [9.17, 15) is 0 Å². The summed E-state index contributed by atoms with van der Waals surface area (Å²) in [6, 6.07) is 19.5. The van der Waals surface area contributed by atoms with Crippen LogP contribution in [0, 0.1) is 20.8 Å². The summed E-state index contributed by atoms with van der Waals surface area (Å²) in [5.74, 6) is 0. The molecule has 2 aliphatic heterocycles. The van der Waals surface area contributed by atoms with Crippen molar-refractivity contribution in [2.45, 2.75) is 46.5 Å². The molecule has 4 aromatic rings. The summed E-state index contributed by atoms with van der Waals surface area (Å²) >= 11 is 3.80. The second-order valence-corrected chi connectivity index (χ2v) is 11.6. The van der Waals surface area contributed by atoms with E-state index in [2.05, 4.69) is 121 Å². The number of H-pyrrole nitrogens is 2. The maximum absolute atomic E-state index is 5.14. The highest BCUT2D eigenvalue weighted by Gasteiger charge is 2.29. The Morgan fingerprint density at radius 1 is 0.778 bits per heavy atom. The van der Waals surface area contributed by atoms with Crippen LogP contribution in [0.15, 0.2) is 54.6 Å². The summed E-state index contributed by atoms with van der Waals surface area (Å²) in [5.41, 5.74) is 14.2. The lowest BCUT2D eigenvalue weighted by molar-refractivity contribution is 0.543. The average molecular weight is 538 g/mol. The highest BCUT2D eigenvalue weighted by molar-refractivity contribution is 9.15. The summed E-state index contributed by atoms with van der Waals surface area (Å²) < 4.78 is 0.978. The molecule has 0 aliphatic carbocycles. The Balaban J connectivity index is 1.76. The minimum Gasteiger partial charge on any atom is -0.355 e. The summed E-state index contributed by atoms with van der Waals surface area (Å²) in [4.78, 5) is 17.3. The summed E-state index contributed by atoms with van der Waals surface area (Å²) in [6.07, 6.45) is 3.01. The molecule has 6 rings (SSSR count). The van der Waals surface area contributed by atoms with Gasteiger partial charge in [0.2, 0.25) is 0 Å². The third-order valence-corrected chi connectivity index (χ3v) is 7.76. The van der Waals surface area contributed by atoms with Crippen molar-refractivity contribution in [2.24, 2.45) is 0 Å². The molecule has 3 aromatic heterocycles. The molecular formula is C31H29BrN4. The molecule has 0 saturated carbocycles. The highest BCUT2D eigenvalue weighted by Crippen LogP contribution is 2.38. The van der Waals surface area contributed by atoms with Crippen molar-refractivity contribution in [1.82, 2.24) is 19.9 Å². The zero-order chi connectivity index (χ0) is 25.2. The van der Waals surface area contributed by atoms with E-state index in [0.717, 1.165) is 61.3 Å². The molecule has 0 fully saturated rings. The second kappa shape index (κ2) is 8.31. The van der Waals surface area contributed by atoms with Crippen LogP contribution in [0.3, 0.4) is 0 Å². The van der Waals surface area contributed by atoms with Crippen LogP contribution >= 0.6 is 15.9 Å². The number of hydrogen-bond acceptors (Lipinski definition) is 2. The fraction of sp³-hybridized carbons (Fsp3) is 0.226. The maximum atomic E-state index is 5.14. The van der Waals surface area contributed by atoms with Crippen molar-refractivity contribution in [3.63, 3.8) is 0 Å². The minimum absolute atomic E-state index is 0.0436. The molecule has 36 heavy (non-hydrogen) atoms. The number of nitrogens with one attached hydrogen (secondary N) is 2. The SMILES string of the molecule is Cc1cc(C)c(-c2c3nc(cc4nc(cc5ccc(cc6ccc2[nH]6)[nH]5)C(C)(C)C4)C(Br)=C3)c(C)c1. The molecule has 0 spiro atoms. The van der Waals surface area contributed by atoms with Crippen molar-refractivity contribution in [1.29, 1.82) is 0 Å². The molecule has 5 heteroatoms. The van der Waals surface area contributed by atoms with Crippen LogP contribution in [0.4, 0.5) is 0 Å². The van der Waals surface area contributed by atoms with Gasteiger partial charge in [-0.25, -0.2) is 4.98 Å². The van der Waals surface area contributed by atoms with Gasteiger partial charge in [0.05, 0.1) is 11.4 Å². The van der Waals surface area contributed by atoms with E-state index in [4.69, 9.17) is 9.97 Å². The predicted molar refractivity (Wildman–Crippen MR) is 154 cm³/mol. The molecule has 1 aromatic carbocycles. The standard InChI is InChI=1S/C31H29BrN4/c1-17-10-18(2)29(19(3)11-17)30-25-9-8-21(34-25)12-20-6-7-22(33-20)14-28-31(4,5)16-23(35-28)13-26-24(32)15-27(30)36-26/h6-15,33-34H,16H2,1-5H3. The van der Waals surface area contributed by atoms with Crippen LogP contribution in [0.25, 0.3) is 43.8 Å². The molecule has 0 unspecified atom stereocenters. The van der Waals surface area contributed by atoms with Crippen LogP contribution in [-0.4, -0.2) is 19.9 Å². The van der Waals surface area contributed by atoms with Crippen molar-refractivity contribution in [3.8, 4) is 11.1 Å². The molecule has 2 N–H and O–H groups in total. The number of aryl methyl sites for hydroxylation is 3. The van der Waals surface area contributed by atoms with Crippen LogP contribution in [0.1, 0.15) is 53.3 Å². The van der Waals surface area contributed by atoms with E-state index in [1.54, 1.807) is 0 Å². The zero-order valence-corrected chi connectivity index (χ0v) is 22.8. The van der Waals surface area contributed by atoms with E-state index >= 15 is 0 Å². The van der Waals surface area contributed by atoms with Crippen LogP contribution < -0.4 is 0 Å². The van der Waals surface area contributed by atoms with E-state index in [-0.39, 0.29) is 5.41 Å². The number of halogens is 1. The number of hydrogen-bond donors (Lipinski definition) is 2. The number of aromatic nitrogens is 4. The van der Waals surface area contributed by atoms with Crippen molar-refractivity contribution < 1.29 is 0 Å². The number of benzene rings is 1. The molecule has 4 nitrogen and oxygen atoms in total. The van der Waals surface area contributed by atoms with Crippen molar-refractivity contribution >= 4 is 48.6 Å². The fourth-order valence-corrected chi connectivity index (χ4v) is 5.95. The van der Waals surface area contributed by atoms with Crippen LogP contribution in [-0.2, 0) is 11.8 Å². The fourth-order valence-electron chi connectivity index (χ4n) is 5.53. The monoisotopic (exact) mass is 536 g/mol. The Kier molecular flexibility index (Phi) is 5.31. The zero-order valence-electron chi connectivity index (χ0n) is 21.3. The van der Waals surface area contributed by atoms with Crippen LogP contribution in [0.5, 0.6) is 0 Å². The first-order valence-electron chi connectivity index (χ1n) is 12.3. The normalized spacial score (nSPS) is 14.7. The topological polar surface area (TPSA) is 57.4 Å². The maximum Gasteiger partial charge on any atom is 0.0798 e. The smallest absolute Gasteiger partial charge is 0.0798 e. The third kappa shape index (κ3) is 4.01. The summed E-state index contributed by atoms with van der Waals surface area (Å²) in [5, 5.41) is 0. The first kappa shape index (κ1) is 23.0. The van der Waals surface area contributed by atoms with E-state index in [1.807, 2.05) is 0 Å². The molecule has 8 bridgehead atoms.